The highest BCUT2D eigenvalue weighted by Gasteiger charge is 2.11. The van der Waals surface area contributed by atoms with Gasteiger partial charge in [0.25, 0.3) is 0 Å². The first-order valence-electron chi connectivity index (χ1n) is 5.53. The Morgan fingerprint density at radius 2 is 2.00 bits per heavy atom. The lowest BCUT2D eigenvalue weighted by Gasteiger charge is -2.15. The number of aliphatic hydroxyl groups is 1. The third-order valence-electron chi connectivity index (χ3n) is 2.35. The average molecular weight is 217 g/mol. The van der Waals surface area contributed by atoms with E-state index in [1.807, 2.05) is 27.7 Å². The third-order valence-corrected chi connectivity index (χ3v) is 2.35. The predicted octanol–water partition coefficient (Wildman–Crippen LogP) is 0.935. The maximum absolute atomic E-state index is 11.2. The van der Waals surface area contributed by atoms with Crippen LogP contribution in [0.25, 0.3) is 0 Å². The van der Waals surface area contributed by atoms with Crippen molar-refractivity contribution in [2.24, 2.45) is 5.92 Å². The van der Waals surface area contributed by atoms with Crippen LogP contribution in [-0.2, 0) is 9.53 Å². The second-order valence-electron chi connectivity index (χ2n) is 4.15. The van der Waals surface area contributed by atoms with Gasteiger partial charge in [0.05, 0.1) is 12.2 Å². The van der Waals surface area contributed by atoms with E-state index in [0.29, 0.717) is 6.54 Å². The van der Waals surface area contributed by atoms with Gasteiger partial charge >= 0.3 is 0 Å². The standard InChI is InChI=1S/C11H23NO3/c1-5-9(4)15-7-11(14)12-6-10(13)8(2)3/h8-10,13H,5-7H2,1-4H3,(H,12,14). The first kappa shape index (κ1) is 14.4. The molecule has 0 aromatic carbocycles. The van der Waals surface area contributed by atoms with Crippen LogP contribution in [0.2, 0.25) is 0 Å². The molecule has 0 aliphatic carbocycles. The van der Waals surface area contributed by atoms with Crippen molar-refractivity contribution in [2.75, 3.05) is 13.2 Å². The Balaban J connectivity index is 3.58. The van der Waals surface area contributed by atoms with Crippen LogP contribution in [-0.4, -0.2) is 36.4 Å². The minimum Gasteiger partial charge on any atom is -0.391 e. The fraction of sp³-hybridized carbons (Fsp3) is 0.909. The van der Waals surface area contributed by atoms with Crippen molar-refractivity contribution in [3.05, 3.63) is 0 Å². The van der Waals surface area contributed by atoms with Crippen LogP contribution < -0.4 is 5.32 Å². The van der Waals surface area contributed by atoms with Gasteiger partial charge in [-0.05, 0) is 19.3 Å². The number of rotatable bonds is 7. The van der Waals surface area contributed by atoms with Crippen LogP contribution in [0.4, 0.5) is 0 Å². The molecule has 0 aliphatic rings. The molecule has 2 N–H and O–H groups in total. The number of hydrogen-bond donors (Lipinski definition) is 2. The Hall–Kier alpha value is -0.610. The summed E-state index contributed by atoms with van der Waals surface area (Å²) in [5, 5.41) is 12.1. The molecule has 0 rings (SSSR count). The van der Waals surface area contributed by atoms with Gasteiger partial charge in [0.2, 0.25) is 5.91 Å². The Morgan fingerprint density at radius 1 is 1.40 bits per heavy atom. The first-order chi connectivity index (χ1) is 6.97. The van der Waals surface area contributed by atoms with Crippen molar-refractivity contribution in [2.45, 2.75) is 46.3 Å². The molecule has 90 valence electrons. The van der Waals surface area contributed by atoms with Crippen LogP contribution in [0.3, 0.4) is 0 Å². The van der Waals surface area contributed by atoms with Crippen LogP contribution >= 0.6 is 0 Å². The van der Waals surface area contributed by atoms with E-state index in [1.54, 1.807) is 0 Å². The fourth-order valence-electron chi connectivity index (χ4n) is 0.841. The number of carbonyl (C=O) groups is 1. The van der Waals surface area contributed by atoms with Crippen molar-refractivity contribution in [1.82, 2.24) is 5.32 Å². The van der Waals surface area contributed by atoms with Gasteiger partial charge in [-0.2, -0.15) is 0 Å². The number of amides is 1. The molecule has 4 nitrogen and oxygen atoms in total. The number of ether oxygens (including phenoxy) is 1. The number of nitrogens with one attached hydrogen (secondary N) is 1. The van der Waals surface area contributed by atoms with Crippen molar-refractivity contribution >= 4 is 5.91 Å². The summed E-state index contributed by atoms with van der Waals surface area (Å²) in [6.07, 6.45) is 0.505. The van der Waals surface area contributed by atoms with Crippen LogP contribution in [0.5, 0.6) is 0 Å². The van der Waals surface area contributed by atoms with E-state index in [2.05, 4.69) is 5.32 Å². The molecular weight excluding hydrogens is 194 g/mol. The smallest absolute Gasteiger partial charge is 0.246 e. The minimum atomic E-state index is -0.488. The highest BCUT2D eigenvalue weighted by atomic mass is 16.5. The van der Waals surface area contributed by atoms with Gasteiger partial charge in [-0.3, -0.25) is 4.79 Å². The number of aliphatic hydroxyl groups excluding tert-OH is 1. The van der Waals surface area contributed by atoms with E-state index in [9.17, 15) is 9.90 Å². The summed E-state index contributed by atoms with van der Waals surface area (Å²) >= 11 is 0. The van der Waals surface area contributed by atoms with E-state index in [1.165, 1.54) is 0 Å². The minimum absolute atomic E-state index is 0.0693. The SMILES string of the molecule is CCC(C)OCC(=O)NCC(O)C(C)C. The van der Waals surface area contributed by atoms with Gasteiger partial charge < -0.3 is 15.2 Å². The zero-order valence-electron chi connectivity index (χ0n) is 10.1. The summed E-state index contributed by atoms with van der Waals surface area (Å²) < 4.78 is 5.25. The van der Waals surface area contributed by atoms with Gasteiger partial charge in [-0.25, -0.2) is 0 Å². The Bertz CT molecular complexity index is 183. The summed E-state index contributed by atoms with van der Waals surface area (Å²) in [6, 6.07) is 0. The molecule has 0 fully saturated rings. The quantitative estimate of drug-likeness (QED) is 0.667. The van der Waals surface area contributed by atoms with Crippen molar-refractivity contribution < 1.29 is 14.6 Å². The zero-order valence-corrected chi connectivity index (χ0v) is 10.1. The van der Waals surface area contributed by atoms with Crippen LogP contribution in [0.15, 0.2) is 0 Å². The van der Waals surface area contributed by atoms with Crippen molar-refractivity contribution in [3.63, 3.8) is 0 Å². The average Bonchev–Trinajstić information content (AvgIpc) is 2.21. The second-order valence-corrected chi connectivity index (χ2v) is 4.15. The summed E-state index contributed by atoms with van der Waals surface area (Å²) in [5.41, 5.74) is 0. The molecule has 4 heteroatoms. The molecular formula is C11H23NO3. The molecule has 15 heavy (non-hydrogen) atoms. The fourth-order valence-corrected chi connectivity index (χ4v) is 0.841. The summed E-state index contributed by atoms with van der Waals surface area (Å²) in [6.45, 7) is 8.11. The normalized spacial score (nSPS) is 15.1. The van der Waals surface area contributed by atoms with E-state index < -0.39 is 6.10 Å². The molecule has 0 bridgehead atoms. The molecule has 0 radical (unpaired) electrons. The van der Waals surface area contributed by atoms with Gasteiger partial charge in [-0.1, -0.05) is 20.8 Å². The maximum Gasteiger partial charge on any atom is 0.246 e. The van der Waals surface area contributed by atoms with Crippen molar-refractivity contribution in [1.29, 1.82) is 0 Å². The lowest BCUT2D eigenvalue weighted by molar-refractivity contribution is -0.128. The second kappa shape index (κ2) is 7.65. The molecule has 0 heterocycles. The number of hydrogen-bond acceptors (Lipinski definition) is 3. The molecule has 0 saturated heterocycles. The molecule has 0 aromatic heterocycles. The largest absolute Gasteiger partial charge is 0.391 e. The van der Waals surface area contributed by atoms with Crippen molar-refractivity contribution in [3.8, 4) is 0 Å². The van der Waals surface area contributed by atoms with E-state index in [0.717, 1.165) is 6.42 Å². The lowest BCUT2D eigenvalue weighted by atomic mass is 10.1. The molecule has 0 saturated carbocycles. The first-order valence-corrected chi connectivity index (χ1v) is 5.53. The topological polar surface area (TPSA) is 58.6 Å². The predicted molar refractivity (Wildman–Crippen MR) is 59.6 cm³/mol. The Kier molecular flexibility index (Phi) is 7.34. The van der Waals surface area contributed by atoms with Crippen LogP contribution in [0, 0.1) is 5.92 Å². The molecule has 0 aliphatic heterocycles. The van der Waals surface area contributed by atoms with E-state index >= 15 is 0 Å². The van der Waals surface area contributed by atoms with E-state index in [-0.39, 0.29) is 24.5 Å². The van der Waals surface area contributed by atoms with Crippen LogP contribution in [0.1, 0.15) is 34.1 Å². The van der Waals surface area contributed by atoms with Gasteiger partial charge in [0.15, 0.2) is 0 Å². The highest BCUT2D eigenvalue weighted by Crippen LogP contribution is 1.99. The van der Waals surface area contributed by atoms with E-state index in [4.69, 9.17) is 4.74 Å². The molecule has 1 amide bonds. The molecule has 0 spiro atoms. The van der Waals surface area contributed by atoms with Gasteiger partial charge in [0.1, 0.15) is 6.61 Å². The Morgan fingerprint density at radius 3 is 2.47 bits per heavy atom. The van der Waals surface area contributed by atoms with Gasteiger partial charge in [0, 0.05) is 6.54 Å². The molecule has 2 atom stereocenters. The summed E-state index contributed by atoms with van der Waals surface area (Å²) in [7, 11) is 0. The highest BCUT2D eigenvalue weighted by molar-refractivity contribution is 5.77. The Labute approximate surface area is 92.0 Å². The van der Waals surface area contributed by atoms with Gasteiger partial charge in [-0.15, -0.1) is 0 Å². The number of carbonyl (C=O) groups excluding carboxylic acids is 1. The summed E-state index contributed by atoms with van der Waals surface area (Å²) in [4.78, 5) is 11.2. The third kappa shape index (κ3) is 7.33. The monoisotopic (exact) mass is 217 g/mol. The zero-order chi connectivity index (χ0) is 11.8. The maximum atomic E-state index is 11.2. The summed E-state index contributed by atoms with van der Waals surface area (Å²) in [5.74, 6) is -0.0178. The molecule has 0 aromatic rings. The molecule has 2 unspecified atom stereocenters. The lowest BCUT2D eigenvalue weighted by Crippen LogP contribution is -2.37.